The molecule has 8 rings (SSSR count). The molecule has 0 radical (unpaired) electrons. The molecule has 0 amide bonds. The Morgan fingerprint density at radius 3 is 1.49 bits per heavy atom. The summed E-state index contributed by atoms with van der Waals surface area (Å²) >= 11 is 3.83. The summed E-state index contributed by atoms with van der Waals surface area (Å²) in [6.07, 6.45) is 4.57. The van der Waals surface area contributed by atoms with E-state index >= 15 is 0 Å². The van der Waals surface area contributed by atoms with Crippen LogP contribution in [0.4, 0.5) is 17.1 Å². The van der Waals surface area contributed by atoms with Crippen molar-refractivity contribution in [2.45, 2.75) is 5.41 Å². The van der Waals surface area contributed by atoms with Crippen molar-refractivity contribution in [1.82, 2.24) is 0 Å². The van der Waals surface area contributed by atoms with E-state index in [0.717, 1.165) is 21.5 Å². The molecule has 0 bridgehead atoms. The van der Waals surface area contributed by atoms with Crippen LogP contribution in [-0.4, -0.2) is 0 Å². The number of para-hydroxylation sites is 2. The first kappa shape index (κ1) is 24.2. The van der Waals surface area contributed by atoms with Crippen LogP contribution in [0, 0.1) is 0 Å². The molecule has 0 saturated carbocycles. The quantitative estimate of drug-likeness (QED) is 0.199. The van der Waals surface area contributed by atoms with Crippen LogP contribution >= 0.6 is 15.9 Å². The molecule has 2 heteroatoms. The lowest BCUT2D eigenvalue weighted by Gasteiger charge is -2.36. The fourth-order valence-electron chi connectivity index (χ4n) is 6.89. The minimum Gasteiger partial charge on any atom is -0.310 e. The number of anilines is 3. The molecule has 0 aliphatic heterocycles. The third-order valence-corrected chi connectivity index (χ3v) is 9.04. The number of benzene rings is 6. The smallest absolute Gasteiger partial charge is 0.0726 e. The highest BCUT2D eigenvalue weighted by Gasteiger charge is 2.48. The molecule has 194 valence electrons. The van der Waals surface area contributed by atoms with Crippen molar-refractivity contribution in [3.8, 4) is 11.1 Å². The molecule has 2 aliphatic carbocycles. The van der Waals surface area contributed by atoms with Crippen LogP contribution in [0.15, 0.2) is 150 Å². The van der Waals surface area contributed by atoms with Gasteiger partial charge in [0.2, 0.25) is 0 Å². The summed E-state index contributed by atoms with van der Waals surface area (Å²) in [4.78, 5) is 2.36. The number of hydrogen-bond donors (Lipinski definition) is 0. The van der Waals surface area contributed by atoms with Gasteiger partial charge in [0.25, 0.3) is 0 Å². The summed E-state index contributed by atoms with van der Waals surface area (Å²) in [6, 6.07) is 52.9. The van der Waals surface area contributed by atoms with Crippen molar-refractivity contribution in [3.63, 3.8) is 0 Å². The summed E-state index contributed by atoms with van der Waals surface area (Å²) in [6.45, 7) is 0. The second-order valence-corrected chi connectivity index (χ2v) is 11.6. The van der Waals surface area contributed by atoms with Gasteiger partial charge in [0.1, 0.15) is 0 Å². The SMILES string of the molecule is Brc1ccc2c(c1)C1(c3cc(N(c4ccccc4)c4ccccc4)ccc3C=C2)c2ccccc2-c2ccccc21. The first-order chi connectivity index (χ1) is 20.2. The van der Waals surface area contributed by atoms with Gasteiger partial charge >= 0.3 is 0 Å². The molecule has 0 aromatic heterocycles. The third kappa shape index (κ3) is 3.61. The maximum Gasteiger partial charge on any atom is 0.0726 e. The average molecular weight is 589 g/mol. The molecule has 6 aromatic carbocycles. The number of halogens is 1. The zero-order valence-electron chi connectivity index (χ0n) is 22.3. The Kier molecular flexibility index (Phi) is 5.58. The van der Waals surface area contributed by atoms with Crippen LogP contribution in [0.2, 0.25) is 0 Å². The highest BCUT2D eigenvalue weighted by molar-refractivity contribution is 9.10. The van der Waals surface area contributed by atoms with Crippen molar-refractivity contribution in [2.24, 2.45) is 0 Å². The Morgan fingerprint density at radius 1 is 0.415 bits per heavy atom. The maximum atomic E-state index is 3.83. The number of rotatable bonds is 3. The van der Waals surface area contributed by atoms with Gasteiger partial charge in [-0.3, -0.25) is 0 Å². The monoisotopic (exact) mass is 587 g/mol. The maximum absolute atomic E-state index is 3.83. The van der Waals surface area contributed by atoms with Crippen LogP contribution in [0.3, 0.4) is 0 Å². The molecular weight excluding hydrogens is 562 g/mol. The molecule has 6 aromatic rings. The second-order valence-electron chi connectivity index (χ2n) is 10.7. The minimum atomic E-state index is -0.472. The van der Waals surface area contributed by atoms with Crippen LogP contribution < -0.4 is 4.90 Å². The third-order valence-electron chi connectivity index (χ3n) is 8.54. The lowest BCUT2D eigenvalue weighted by Crippen LogP contribution is -2.30. The van der Waals surface area contributed by atoms with Crippen molar-refractivity contribution < 1.29 is 0 Å². The average Bonchev–Trinajstić information content (AvgIpc) is 3.24. The van der Waals surface area contributed by atoms with Crippen molar-refractivity contribution in [1.29, 1.82) is 0 Å². The fraction of sp³-hybridized carbons (Fsp3) is 0.0256. The van der Waals surface area contributed by atoms with Gasteiger partial charge < -0.3 is 4.90 Å². The summed E-state index contributed by atoms with van der Waals surface area (Å²) in [5.41, 5.74) is 13.2. The van der Waals surface area contributed by atoms with Gasteiger partial charge in [0.15, 0.2) is 0 Å². The molecule has 41 heavy (non-hydrogen) atoms. The van der Waals surface area contributed by atoms with Gasteiger partial charge in [0.05, 0.1) is 5.41 Å². The molecule has 0 atom stereocenters. The van der Waals surface area contributed by atoms with E-state index in [-0.39, 0.29) is 0 Å². The van der Waals surface area contributed by atoms with Crippen LogP contribution in [0.25, 0.3) is 23.3 Å². The molecule has 2 aliphatic rings. The predicted octanol–water partition coefficient (Wildman–Crippen LogP) is 10.8. The normalized spacial score (nSPS) is 13.6. The summed E-state index contributed by atoms with van der Waals surface area (Å²) in [7, 11) is 0. The molecule has 0 unspecified atom stereocenters. The Bertz CT molecular complexity index is 1870. The van der Waals surface area contributed by atoms with E-state index in [4.69, 9.17) is 0 Å². The summed E-state index contributed by atoms with van der Waals surface area (Å²) in [5, 5.41) is 0. The lowest BCUT2D eigenvalue weighted by atomic mass is 9.66. The van der Waals surface area contributed by atoms with E-state index in [1.165, 1.54) is 44.5 Å². The zero-order chi connectivity index (χ0) is 27.4. The Balaban J connectivity index is 1.49. The van der Waals surface area contributed by atoms with Gasteiger partial charge in [0, 0.05) is 21.5 Å². The summed E-state index contributed by atoms with van der Waals surface area (Å²) in [5.74, 6) is 0. The minimum absolute atomic E-state index is 0.472. The Labute approximate surface area is 249 Å². The van der Waals surface area contributed by atoms with Gasteiger partial charge in [-0.1, -0.05) is 125 Å². The van der Waals surface area contributed by atoms with E-state index < -0.39 is 5.41 Å². The first-order valence-electron chi connectivity index (χ1n) is 14.0. The van der Waals surface area contributed by atoms with Gasteiger partial charge in [-0.2, -0.15) is 0 Å². The molecule has 0 fully saturated rings. The second kappa shape index (κ2) is 9.47. The predicted molar refractivity (Wildman–Crippen MR) is 175 cm³/mol. The van der Waals surface area contributed by atoms with Gasteiger partial charge in [-0.25, -0.2) is 0 Å². The summed E-state index contributed by atoms with van der Waals surface area (Å²) < 4.78 is 1.08. The van der Waals surface area contributed by atoms with E-state index in [9.17, 15) is 0 Å². The number of fused-ring (bicyclic) bond motifs is 9. The fourth-order valence-corrected chi connectivity index (χ4v) is 7.25. The molecule has 1 spiro atoms. The largest absolute Gasteiger partial charge is 0.310 e. The van der Waals surface area contributed by atoms with Crippen LogP contribution in [0.5, 0.6) is 0 Å². The van der Waals surface area contributed by atoms with Crippen molar-refractivity contribution in [3.05, 3.63) is 183 Å². The topological polar surface area (TPSA) is 3.24 Å². The van der Waals surface area contributed by atoms with E-state index in [0.29, 0.717) is 0 Å². The zero-order valence-corrected chi connectivity index (χ0v) is 23.9. The molecule has 1 nitrogen and oxygen atoms in total. The molecule has 0 heterocycles. The lowest BCUT2D eigenvalue weighted by molar-refractivity contribution is 0.765. The van der Waals surface area contributed by atoms with Crippen LogP contribution in [-0.2, 0) is 5.41 Å². The highest BCUT2D eigenvalue weighted by atomic mass is 79.9. The Hall–Kier alpha value is -4.66. The van der Waals surface area contributed by atoms with E-state index in [2.05, 4.69) is 179 Å². The van der Waals surface area contributed by atoms with Gasteiger partial charge in [-0.05, 0) is 93.0 Å². The molecule has 0 saturated heterocycles. The Morgan fingerprint density at radius 2 is 0.902 bits per heavy atom. The van der Waals surface area contributed by atoms with Crippen molar-refractivity contribution in [2.75, 3.05) is 4.90 Å². The molecular formula is C39H26BrN. The van der Waals surface area contributed by atoms with Crippen molar-refractivity contribution >= 4 is 45.1 Å². The number of hydrogen-bond acceptors (Lipinski definition) is 1. The number of nitrogens with zero attached hydrogens (tertiary/aromatic N) is 1. The van der Waals surface area contributed by atoms with Gasteiger partial charge in [-0.15, -0.1) is 0 Å². The van der Waals surface area contributed by atoms with Crippen LogP contribution in [0.1, 0.15) is 33.4 Å². The first-order valence-corrected chi connectivity index (χ1v) is 14.8. The molecule has 0 N–H and O–H groups in total. The van der Waals surface area contributed by atoms with E-state index in [1.807, 2.05) is 0 Å². The standard InChI is InChI=1S/C39H26BrN/c40-29-23-21-27-19-20-28-22-24-32(41(30-11-3-1-4-12-30)31-13-5-2-6-14-31)26-38(28)39(37(27)25-29)35-17-9-7-15-33(35)34-16-8-10-18-36(34)39/h1-26H. The highest BCUT2D eigenvalue weighted by Crippen LogP contribution is 2.59. The van der Waals surface area contributed by atoms with E-state index in [1.54, 1.807) is 0 Å².